The summed E-state index contributed by atoms with van der Waals surface area (Å²) in [6.07, 6.45) is 6.86. The van der Waals surface area contributed by atoms with E-state index in [0.29, 0.717) is 5.41 Å². The van der Waals surface area contributed by atoms with Crippen LogP contribution in [-0.2, 0) is 0 Å². The van der Waals surface area contributed by atoms with Crippen LogP contribution in [0.25, 0.3) is 10.9 Å². The number of nitrogens with one attached hydrogen (secondary N) is 1. The van der Waals surface area contributed by atoms with E-state index in [0.717, 1.165) is 12.1 Å². The van der Waals surface area contributed by atoms with Crippen LogP contribution in [0.3, 0.4) is 0 Å². The molecule has 2 aromatic rings. The molecule has 18 heavy (non-hydrogen) atoms. The molecule has 1 aliphatic carbocycles. The van der Waals surface area contributed by atoms with Gasteiger partial charge in [-0.2, -0.15) is 4.37 Å². The van der Waals surface area contributed by atoms with E-state index < -0.39 is 0 Å². The fourth-order valence-corrected chi connectivity index (χ4v) is 3.82. The minimum atomic E-state index is 0.533. The molecule has 3 rings (SSSR count). The average molecular weight is 260 g/mol. The molecule has 1 aromatic carbocycles. The summed E-state index contributed by atoms with van der Waals surface area (Å²) in [6, 6.07) is 8.39. The van der Waals surface area contributed by atoms with Gasteiger partial charge in [0.05, 0.1) is 5.52 Å². The zero-order valence-corrected chi connectivity index (χ0v) is 11.7. The number of hydrogen-bond donors (Lipinski definition) is 1. The van der Waals surface area contributed by atoms with Crippen LogP contribution < -0.4 is 5.32 Å². The molecule has 0 radical (unpaired) electrons. The maximum atomic E-state index is 4.49. The second-order valence-electron chi connectivity index (χ2n) is 5.44. The van der Waals surface area contributed by atoms with E-state index in [1.807, 2.05) is 0 Å². The monoisotopic (exact) mass is 260 g/mol. The minimum Gasteiger partial charge on any atom is -0.375 e. The Hall–Kier alpha value is -1.09. The lowest BCUT2D eigenvalue weighted by molar-refractivity contribution is 0.307. The van der Waals surface area contributed by atoms with Gasteiger partial charge in [-0.1, -0.05) is 31.9 Å². The van der Waals surface area contributed by atoms with Crippen LogP contribution >= 0.6 is 11.5 Å². The van der Waals surface area contributed by atoms with Gasteiger partial charge in [0.15, 0.2) is 0 Å². The number of anilines is 1. The van der Waals surface area contributed by atoms with Gasteiger partial charge in [0, 0.05) is 11.9 Å². The quantitative estimate of drug-likeness (QED) is 0.863. The van der Waals surface area contributed by atoms with Gasteiger partial charge in [-0.3, -0.25) is 0 Å². The van der Waals surface area contributed by atoms with Crippen molar-refractivity contribution in [1.29, 1.82) is 0 Å². The van der Waals surface area contributed by atoms with Crippen LogP contribution in [0.15, 0.2) is 24.3 Å². The molecule has 1 saturated carbocycles. The summed E-state index contributed by atoms with van der Waals surface area (Å²) in [4.78, 5) is 0. The Bertz CT molecular complexity index is 526. The van der Waals surface area contributed by atoms with Crippen molar-refractivity contribution in [3.05, 3.63) is 24.3 Å². The highest BCUT2D eigenvalue weighted by Crippen LogP contribution is 2.41. The van der Waals surface area contributed by atoms with Crippen LogP contribution in [0.1, 0.15) is 39.0 Å². The second kappa shape index (κ2) is 4.88. The zero-order valence-electron chi connectivity index (χ0n) is 10.9. The average Bonchev–Trinajstić information content (AvgIpc) is 3.04. The second-order valence-corrected chi connectivity index (χ2v) is 6.22. The summed E-state index contributed by atoms with van der Waals surface area (Å²) >= 11 is 1.59. The molecule has 0 amide bonds. The topological polar surface area (TPSA) is 24.9 Å². The van der Waals surface area contributed by atoms with E-state index in [1.54, 1.807) is 11.5 Å². The van der Waals surface area contributed by atoms with Crippen molar-refractivity contribution in [3.8, 4) is 0 Å². The van der Waals surface area contributed by atoms with Crippen molar-refractivity contribution in [2.45, 2.75) is 39.0 Å². The molecule has 3 heteroatoms. The predicted molar refractivity (Wildman–Crippen MR) is 79.3 cm³/mol. The van der Waals surface area contributed by atoms with Gasteiger partial charge >= 0.3 is 0 Å². The Morgan fingerprint density at radius 3 is 2.83 bits per heavy atom. The Balaban J connectivity index is 1.76. The van der Waals surface area contributed by atoms with E-state index in [4.69, 9.17) is 0 Å². The SMILES string of the molecule is CCC1(CNc2snc3ccccc23)CCCC1. The number of benzene rings is 1. The molecule has 2 nitrogen and oxygen atoms in total. The number of hydrogen-bond acceptors (Lipinski definition) is 3. The lowest BCUT2D eigenvalue weighted by Crippen LogP contribution is -2.25. The molecular formula is C15H20N2S. The van der Waals surface area contributed by atoms with Gasteiger partial charge < -0.3 is 5.32 Å². The molecule has 1 N–H and O–H groups in total. The Morgan fingerprint density at radius 1 is 1.28 bits per heavy atom. The molecule has 1 heterocycles. The third-order valence-electron chi connectivity index (χ3n) is 4.42. The zero-order chi connectivity index (χ0) is 12.4. The van der Waals surface area contributed by atoms with E-state index in [-0.39, 0.29) is 0 Å². The Morgan fingerprint density at radius 2 is 2.06 bits per heavy atom. The van der Waals surface area contributed by atoms with Crippen molar-refractivity contribution >= 4 is 27.4 Å². The summed E-state index contributed by atoms with van der Waals surface area (Å²) in [7, 11) is 0. The van der Waals surface area contributed by atoms with Gasteiger partial charge in [-0.05, 0) is 48.3 Å². The standard InChI is InChI=1S/C15H20N2S/c1-2-15(9-5-6-10-15)11-16-14-12-7-3-4-8-13(12)17-18-14/h3-4,7-8,16H,2,5-6,9-11H2,1H3. The van der Waals surface area contributed by atoms with Gasteiger partial charge in [-0.25, -0.2) is 0 Å². The third kappa shape index (κ3) is 2.12. The lowest BCUT2D eigenvalue weighted by Gasteiger charge is -2.27. The summed E-state index contributed by atoms with van der Waals surface area (Å²) in [5, 5.41) is 6.17. The normalized spacial score (nSPS) is 18.3. The first kappa shape index (κ1) is 12.0. The summed E-state index contributed by atoms with van der Waals surface area (Å²) in [5.41, 5.74) is 1.65. The smallest absolute Gasteiger partial charge is 0.117 e. The molecule has 0 atom stereocenters. The van der Waals surface area contributed by atoms with Crippen molar-refractivity contribution < 1.29 is 0 Å². The molecule has 1 aromatic heterocycles. The van der Waals surface area contributed by atoms with Crippen LogP contribution in [0.5, 0.6) is 0 Å². The number of fused-ring (bicyclic) bond motifs is 1. The highest BCUT2D eigenvalue weighted by atomic mass is 32.1. The predicted octanol–water partition coefficient (Wildman–Crippen LogP) is 4.68. The number of nitrogens with zero attached hydrogens (tertiary/aromatic N) is 1. The van der Waals surface area contributed by atoms with Crippen LogP contribution in [0.4, 0.5) is 5.00 Å². The van der Waals surface area contributed by atoms with E-state index in [1.165, 1.54) is 42.5 Å². The molecule has 0 bridgehead atoms. The molecule has 1 aliphatic rings. The van der Waals surface area contributed by atoms with Crippen molar-refractivity contribution in [1.82, 2.24) is 4.37 Å². The van der Waals surface area contributed by atoms with Crippen molar-refractivity contribution in [2.24, 2.45) is 5.41 Å². The first-order valence-corrected chi connectivity index (χ1v) is 7.69. The van der Waals surface area contributed by atoms with Gasteiger partial charge in [-0.15, -0.1) is 0 Å². The fraction of sp³-hybridized carbons (Fsp3) is 0.533. The number of aromatic nitrogens is 1. The van der Waals surface area contributed by atoms with E-state index >= 15 is 0 Å². The molecule has 0 unspecified atom stereocenters. The van der Waals surface area contributed by atoms with Gasteiger partial charge in [0.2, 0.25) is 0 Å². The molecule has 96 valence electrons. The van der Waals surface area contributed by atoms with Crippen molar-refractivity contribution in [2.75, 3.05) is 11.9 Å². The lowest BCUT2D eigenvalue weighted by atomic mass is 9.83. The van der Waals surface area contributed by atoms with Crippen LogP contribution in [0, 0.1) is 5.41 Å². The van der Waals surface area contributed by atoms with Crippen LogP contribution in [-0.4, -0.2) is 10.9 Å². The van der Waals surface area contributed by atoms with E-state index in [2.05, 4.69) is 40.9 Å². The molecular weight excluding hydrogens is 240 g/mol. The van der Waals surface area contributed by atoms with E-state index in [9.17, 15) is 0 Å². The Labute approximate surface area is 113 Å². The van der Waals surface area contributed by atoms with Crippen LogP contribution in [0.2, 0.25) is 0 Å². The maximum Gasteiger partial charge on any atom is 0.117 e. The summed E-state index contributed by atoms with van der Waals surface area (Å²) in [5.74, 6) is 0. The fourth-order valence-electron chi connectivity index (χ4n) is 3.06. The minimum absolute atomic E-state index is 0.533. The molecule has 0 saturated heterocycles. The first-order chi connectivity index (χ1) is 8.83. The highest BCUT2D eigenvalue weighted by Gasteiger charge is 2.31. The number of rotatable bonds is 4. The highest BCUT2D eigenvalue weighted by molar-refractivity contribution is 7.11. The van der Waals surface area contributed by atoms with Crippen molar-refractivity contribution in [3.63, 3.8) is 0 Å². The third-order valence-corrected chi connectivity index (χ3v) is 5.26. The van der Waals surface area contributed by atoms with Gasteiger partial charge in [0.25, 0.3) is 0 Å². The largest absolute Gasteiger partial charge is 0.375 e. The van der Waals surface area contributed by atoms with Gasteiger partial charge in [0.1, 0.15) is 5.00 Å². The Kier molecular flexibility index (Phi) is 3.25. The maximum absolute atomic E-state index is 4.49. The molecule has 0 aliphatic heterocycles. The summed E-state index contributed by atoms with van der Waals surface area (Å²) < 4.78 is 4.49. The molecule has 1 fully saturated rings. The summed E-state index contributed by atoms with van der Waals surface area (Å²) in [6.45, 7) is 3.44. The molecule has 0 spiro atoms. The first-order valence-electron chi connectivity index (χ1n) is 6.91.